The second-order valence-corrected chi connectivity index (χ2v) is 8.11. The predicted molar refractivity (Wildman–Crippen MR) is 105 cm³/mol. The fourth-order valence-electron chi connectivity index (χ4n) is 3.34. The molecule has 0 amide bonds. The molecule has 2 atom stereocenters. The first-order valence-electron chi connectivity index (χ1n) is 8.45. The number of hydrogen-bond donors (Lipinski definition) is 3. The first-order valence-corrected chi connectivity index (χ1v) is 9.81. The van der Waals surface area contributed by atoms with Crippen LogP contribution in [0.25, 0.3) is 11.0 Å². The van der Waals surface area contributed by atoms with Crippen LogP contribution in [0.2, 0.25) is 5.02 Å². The van der Waals surface area contributed by atoms with E-state index in [-0.39, 0.29) is 12.0 Å². The van der Waals surface area contributed by atoms with E-state index in [4.69, 9.17) is 17.3 Å². The van der Waals surface area contributed by atoms with Crippen LogP contribution in [0.5, 0.6) is 0 Å². The van der Waals surface area contributed by atoms with Crippen molar-refractivity contribution in [3.63, 3.8) is 0 Å². The van der Waals surface area contributed by atoms with Crippen molar-refractivity contribution in [2.75, 3.05) is 24.6 Å². The van der Waals surface area contributed by atoms with Gasteiger partial charge in [0.05, 0.1) is 11.6 Å². The van der Waals surface area contributed by atoms with Crippen molar-refractivity contribution in [2.45, 2.75) is 17.5 Å². The molecule has 3 heterocycles. The predicted octanol–water partition coefficient (Wildman–Crippen LogP) is 2.78. The van der Waals surface area contributed by atoms with Crippen molar-refractivity contribution in [2.24, 2.45) is 5.92 Å². The average molecular weight is 390 g/mol. The molecule has 26 heavy (non-hydrogen) atoms. The molecule has 4 N–H and O–H groups in total. The molecule has 0 bridgehead atoms. The Morgan fingerprint density at radius 2 is 2.08 bits per heavy atom. The van der Waals surface area contributed by atoms with Crippen molar-refractivity contribution in [3.8, 4) is 0 Å². The molecule has 2 aromatic heterocycles. The number of fused-ring (bicyclic) bond motifs is 1. The summed E-state index contributed by atoms with van der Waals surface area (Å²) in [4.78, 5) is 14.9. The topological polar surface area (TPSA) is 91.1 Å². The zero-order valence-electron chi connectivity index (χ0n) is 14.1. The molecule has 136 valence electrons. The van der Waals surface area contributed by atoms with Gasteiger partial charge in [-0.05, 0) is 24.3 Å². The summed E-state index contributed by atoms with van der Waals surface area (Å²) in [5.41, 5.74) is 8.58. The lowest BCUT2D eigenvalue weighted by atomic mass is 10.1. The molecule has 1 aliphatic rings. The smallest absolute Gasteiger partial charge is 0.151 e. The summed E-state index contributed by atoms with van der Waals surface area (Å²) in [6, 6.07) is 7.82. The molecule has 1 aromatic carbocycles. The fraction of sp³-hybridized carbons (Fsp3) is 0.333. The van der Waals surface area contributed by atoms with Crippen molar-refractivity contribution in [1.29, 1.82) is 0 Å². The number of hydrogen-bond acceptors (Lipinski definition) is 6. The van der Waals surface area contributed by atoms with Crippen LogP contribution in [0.3, 0.4) is 0 Å². The number of β-amino-alcohol motifs (C(OH)–C–C–N with tert-alkyl or cyclic N) is 1. The minimum atomic E-state index is -0.320. The van der Waals surface area contributed by atoms with E-state index >= 15 is 0 Å². The number of likely N-dealkylation sites (tertiary alicyclic amines) is 1. The Kier molecular flexibility index (Phi) is 5.04. The first kappa shape index (κ1) is 17.6. The number of nitrogens with two attached hydrogens (primary N) is 1. The molecule has 1 saturated heterocycles. The summed E-state index contributed by atoms with van der Waals surface area (Å²) in [6.45, 7) is 2.25. The molecule has 2 unspecified atom stereocenters. The number of aromatic nitrogens is 3. The minimum absolute atomic E-state index is 0.237. The van der Waals surface area contributed by atoms with Crippen LogP contribution in [0, 0.1) is 5.92 Å². The van der Waals surface area contributed by atoms with Crippen molar-refractivity contribution in [1.82, 2.24) is 19.9 Å². The number of nitrogen functional groups attached to an aromatic ring is 1. The maximum absolute atomic E-state index is 10.4. The molecule has 0 spiro atoms. The SMILES string of the molecule is Nc1ncnc2c(CN3CC(O)C(CSc4ccc(Cl)cc4)C3)c[nH]c12. The van der Waals surface area contributed by atoms with Gasteiger partial charge in [0.15, 0.2) is 5.82 Å². The molecule has 6 nitrogen and oxygen atoms in total. The zero-order valence-corrected chi connectivity index (χ0v) is 15.7. The van der Waals surface area contributed by atoms with Gasteiger partial charge in [-0.15, -0.1) is 11.8 Å². The summed E-state index contributed by atoms with van der Waals surface area (Å²) in [6.07, 6.45) is 3.09. The molecule has 0 aliphatic carbocycles. The van der Waals surface area contributed by atoms with Gasteiger partial charge in [-0.25, -0.2) is 9.97 Å². The Hall–Kier alpha value is -1.80. The van der Waals surface area contributed by atoms with Gasteiger partial charge in [-0.3, -0.25) is 4.90 Å². The highest BCUT2D eigenvalue weighted by Crippen LogP contribution is 2.29. The average Bonchev–Trinajstić information content (AvgIpc) is 3.19. The van der Waals surface area contributed by atoms with Gasteiger partial charge >= 0.3 is 0 Å². The third kappa shape index (κ3) is 3.66. The van der Waals surface area contributed by atoms with Crippen LogP contribution in [-0.4, -0.2) is 49.9 Å². The third-order valence-corrected chi connectivity index (χ3v) is 6.18. The van der Waals surface area contributed by atoms with Gasteiger partial charge < -0.3 is 15.8 Å². The number of anilines is 1. The number of aliphatic hydroxyl groups is 1. The largest absolute Gasteiger partial charge is 0.391 e. The van der Waals surface area contributed by atoms with Crippen LogP contribution < -0.4 is 5.73 Å². The molecule has 8 heteroatoms. The van der Waals surface area contributed by atoms with Gasteiger partial charge in [0, 0.05) is 53.0 Å². The fourth-order valence-corrected chi connectivity index (χ4v) is 4.53. The molecule has 1 aliphatic heterocycles. The number of thioether (sulfide) groups is 1. The second-order valence-electron chi connectivity index (χ2n) is 6.58. The Balaban J connectivity index is 1.38. The van der Waals surface area contributed by atoms with Gasteiger partial charge in [-0.1, -0.05) is 11.6 Å². The van der Waals surface area contributed by atoms with E-state index in [2.05, 4.69) is 19.9 Å². The lowest BCUT2D eigenvalue weighted by Crippen LogP contribution is -2.21. The van der Waals surface area contributed by atoms with Crippen molar-refractivity contribution in [3.05, 3.63) is 47.4 Å². The van der Waals surface area contributed by atoms with Gasteiger partial charge in [0.1, 0.15) is 11.8 Å². The number of benzene rings is 1. The highest BCUT2D eigenvalue weighted by Gasteiger charge is 2.31. The minimum Gasteiger partial charge on any atom is -0.391 e. The van der Waals surface area contributed by atoms with Crippen LogP contribution in [0.1, 0.15) is 5.56 Å². The van der Waals surface area contributed by atoms with Crippen LogP contribution in [0.4, 0.5) is 5.82 Å². The first-order chi connectivity index (χ1) is 12.6. The number of aromatic amines is 1. The van der Waals surface area contributed by atoms with E-state index in [0.29, 0.717) is 12.4 Å². The van der Waals surface area contributed by atoms with Gasteiger partial charge in [0.2, 0.25) is 0 Å². The van der Waals surface area contributed by atoms with E-state index in [0.717, 1.165) is 40.5 Å². The normalized spacial score (nSPS) is 20.8. The summed E-state index contributed by atoms with van der Waals surface area (Å²) < 4.78 is 0. The highest BCUT2D eigenvalue weighted by molar-refractivity contribution is 7.99. The summed E-state index contributed by atoms with van der Waals surface area (Å²) in [5.74, 6) is 1.57. The highest BCUT2D eigenvalue weighted by atomic mass is 35.5. The van der Waals surface area contributed by atoms with Gasteiger partial charge in [0.25, 0.3) is 0 Å². The third-order valence-electron chi connectivity index (χ3n) is 4.73. The number of nitrogens with one attached hydrogen (secondary N) is 1. The number of nitrogens with zero attached hydrogens (tertiary/aromatic N) is 3. The van der Waals surface area contributed by atoms with Crippen LogP contribution in [-0.2, 0) is 6.54 Å². The molecule has 0 saturated carbocycles. The summed E-state index contributed by atoms with van der Waals surface area (Å²) >= 11 is 7.68. The lowest BCUT2D eigenvalue weighted by molar-refractivity contribution is 0.149. The lowest BCUT2D eigenvalue weighted by Gasteiger charge is -2.15. The number of aliphatic hydroxyl groups excluding tert-OH is 1. The standard InChI is InChI=1S/C18H20ClN5OS/c19-13-1-3-14(4-2-13)26-9-12-7-24(8-15(12)25)6-11-5-21-17-16(11)22-10-23-18(17)20/h1-5,10,12,15,21,25H,6-9H2,(H2,20,22,23). The van der Waals surface area contributed by atoms with Crippen molar-refractivity contribution >= 4 is 40.2 Å². The van der Waals surface area contributed by atoms with Gasteiger partial charge in [-0.2, -0.15) is 0 Å². The van der Waals surface area contributed by atoms with Crippen LogP contribution >= 0.6 is 23.4 Å². The Morgan fingerprint density at radius 1 is 1.27 bits per heavy atom. The zero-order chi connectivity index (χ0) is 18.1. The molecule has 3 aromatic rings. The van der Waals surface area contributed by atoms with E-state index in [1.807, 2.05) is 30.5 Å². The Labute approximate surface area is 160 Å². The molecule has 4 rings (SSSR count). The molecular formula is C18H20ClN5OS. The maximum atomic E-state index is 10.4. The Bertz CT molecular complexity index is 900. The molecule has 1 fully saturated rings. The van der Waals surface area contributed by atoms with Crippen molar-refractivity contribution < 1.29 is 5.11 Å². The van der Waals surface area contributed by atoms with E-state index in [1.165, 1.54) is 11.2 Å². The second kappa shape index (κ2) is 7.44. The number of H-pyrrole nitrogens is 1. The molecule has 0 radical (unpaired) electrons. The quantitative estimate of drug-likeness (QED) is 0.581. The maximum Gasteiger partial charge on any atom is 0.151 e. The van der Waals surface area contributed by atoms with Crippen LogP contribution in [0.15, 0.2) is 41.7 Å². The van der Waals surface area contributed by atoms with E-state index in [9.17, 15) is 5.11 Å². The number of rotatable bonds is 5. The van der Waals surface area contributed by atoms with E-state index in [1.54, 1.807) is 11.8 Å². The summed E-state index contributed by atoms with van der Waals surface area (Å²) in [5, 5.41) is 11.2. The molecular weight excluding hydrogens is 370 g/mol. The summed E-state index contributed by atoms with van der Waals surface area (Å²) in [7, 11) is 0. The van der Waals surface area contributed by atoms with E-state index < -0.39 is 0 Å². The Morgan fingerprint density at radius 3 is 2.88 bits per heavy atom. The monoisotopic (exact) mass is 389 g/mol. The number of halogens is 1.